The second-order valence-corrected chi connectivity index (χ2v) is 4.96. The first-order chi connectivity index (χ1) is 8.13. The lowest BCUT2D eigenvalue weighted by Gasteiger charge is -2.20. The second kappa shape index (κ2) is 7.70. The zero-order valence-corrected chi connectivity index (χ0v) is 11.8. The monoisotopic (exact) mass is 254 g/mol. The smallest absolute Gasteiger partial charge is 0.0438 e. The normalized spacial score (nSPS) is 13.0. The van der Waals surface area contributed by atoms with Crippen LogP contribution in [0.25, 0.3) is 0 Å². The molecule has 1 rings (SSSR count). The molecule has 0 saturated carbocycles. The third kappa shape index (κ3) is 5.53. The maximum Gasteiger partial charge on any atom is 0.0438 e. The minimum Gasteiger partial charge on any atom is -0.313 e. The Morgan fingerprint density at radius 3 is 2.71 bits per heavy atom. The Hall–Kier alpha value is -0.570. The largest absolute Gasteiger partial charge is 0.313 e. The van der Waals surface area contributed by atoms with Crippen molar-refractivity contribution >= 4 is 11.6 Å². The molecule has 0 saturated heterocycles. The molecule has 2 nitrogen and oxygen atoms in total. The molecule has 0 heterocycles. The Morgan fingerprint density at radius 2 is 2.06 bits per heavy atom. The molecule has 0 radical (unpaired) electrons. The fourth-order valence-electron chi connectivity index (χ4n) is 1.82. The molecule has 0 aromatic heterocycles. The van der Waals surface area contributed by atoms with Crippen LogP contribution < -0.4 is 5.32 Å². The van der Waals surface area contributed by atoms with E-state index in [4.69, 9.17) is 11.6 Å². The van der Waals surface area contributed by atoms with Crippen LogP contribution in [0.2, 0.25) is 5.02 Å². The third-order valence-electron chi connectivity index (χ3n) is 2.97. The van der Waals surface area contributed by atoms with Crippen LogP contribution in [0.5, 0.6) is 0 Å². The highest BCUT2D eigenvalue weighted by Gasteiger charge is 2.04. The van der Waals surface area contributed by atoms with E-state index in [-0.39, 0.29) is 0 Å². The summed E-state index contributed by atoms with van der Waals surface area (Å²) in [6, 6.07) is 8.56. The molecule has 0 bridgehead atoms. The molecule has 0 fully saturated rings. The molecule has 0 aliphatic carbocycles. The van der Waals surface area contributed by atoms with Crippen LogP contribution in [-0.4, -0.2) is 37.6 Å². The van der Waals surface area contributed by atoms with Crippen molar-refractivity contribution < 1.29 is 0 Å². The highest BCUT2D eigenvalue weighted by Crippen LogP contribution is 2.14. The van der Waals surface area contributed by atoms with E-state index >= 15 is 0 Å². The molecule has 0 spiro atoms. The molecule has 1 aromatic carbocycles. The molecule has 3 heteroatoms. The zero-order chi connectivity index (χ0) is 12.7. The first-order valence-corrected chi connectivity index (χ1v) is 6.66. The van der Waals surface area contributed by atoms with Crippen molar-refractivity contribution in [2.75, 3.05) is 26.7 Å². The van der Waals surface area contributed by atoms with Crippen molar-refractivity contribution in [1.82, 2.24) is 10.2 Å². The third-order valence-corrected chi connectivity index (χ3v) is 3.34. The zero-order valence-electron chi connectivity index (χ0n) is 11.0. The maximum absolute atomic E-state index is 6.11. The average molecular weight is 255 g/mol. The maximum atomic E-state index is 6.11. The predicted octanol–water partition coefficient (Wildman–Crippen LogP) is 2.81. The van der Waals surface area contributed by atoms with Crippen LogP contribution in [0.1, 0.15) is 19.4 Å². The Kier molecular flexibility index (Phi) is 6.56. The van der Waals surface area contributed by atoms with E-state index in [1.165, 1.54) is 5.56 Å². The topological polar surface area (TPSA) is 15.3 Å². The number of hydrogen-bond donors (Lipinski definition) is 1. The first-order valence-electron chi connectivity index (χ1n) is 6.28. The molecule has 1 atom stereocenters. The number of likely N-dealkylation sites (N-methyl/N-ethyl adjacent to an activating group) is 1. The number of halogens is 1. The fourth-order valence-corrected chi connectivity index (χ4v) is 2.05. The van der Waals surface area contributed by atoms with Gasteiger partial charge in [0.1, 0.15) is 0 Å². The molecule has 0 aliphatic rings. The Bertz CT molecular complexity index is 328. The van der Waals surface area contributed by atoms with E-state index in [0.717, 1.165) is 31.1 Å². The van der Waals surface area contributed by atoms with Gasteiger partial charge in [0.15, 0.2) is 0 Å². The average Bonchev–Trinajstić information content (AvgIpc) is 2.31. The van der Waals surface area contributed by atoms with Gasteiger partial charge in [-0.15, -0.1) is 0 Å². The molecule has 0 amide bonds. The van der Waals surface area contributed by atoms with Gasteiger partial charge in [-0.1, -0.05) is 36.7 Å². The summed E-state index contributed by atoms with van der Waals surface area (Å²) in [6.07, 6.45) is 0.986. The van der Waals surface area contributed by atoms with E-state index in [1.54, 1.807) is 0 Å². The van der Waals surface area contributed by atoms with Crippen LogP contribution in [0, 0.1) is 0 Å². The SMILES string of the molecule is CCN(C)CC(C)NCCc1ccccc1Cl. The van der Waals surface area contributed by atoms with E-state index in [0.29, 0.717) is 6.04 Å². The van der Waals surface area contributed by atoms with Gasteiger partial charge in [0.25, 0.3) is 0 Å². The Morgan fingerprint density at radius 1 is 1.35 bits per heavy atom. The van der Waals surface area contributed by atoms with Gasteiger partial charge < -0.3 is 10.2 Å². The summed E-state index contributed by atoms with van der Waals surface area (Å²) >= 11 is 6.11. The van der Waals surface area contributed by atoms with Crippen LogP contribution in [0.3, 0.4) is 0 Å². The molecule has 96 valence electrons. The predicted molar refractivity (Wildman–Crippen MR) is 75.8 cm³/mol. The van der Waals surface area contributed by atoms with Gasteiger partial charge in [0.05, 0.1) is 0 Å². The molecule has 17 heavy (non-hydrogen) atoms. The van der Waals surface area contributed by atoms with Crippen LogP contribution in [-0.2, 0) is 6.42 Å². The lowest BCUT2D eigenvalue weighted by Crippen LogP contribution is -2.38. The summed E-state index contributed by atoms with van der Waals surface area (Å²) in [5.74, 6) is 0. The van der Waals surface area contributed by atoms with Crippen molar-refractivity contribution in [3.8, 4) is 0 Å². The number of nitrogens with one attached hydrogen (secondary N) is 1. The van der Waals surface area contributed by atoms with Crippen molar-refractivity contribution in [2.45, 2.75) is 26.3 Å². The van der Waals surface area contributed by atoms with Gasteiger partial charge in [0.2, 0.25) is 0 Å². The minimum atomic E-state index is 0.516. The lowest BCUT2D eigenvalue weighted by atomic mass is 10.1. The highest BCUT2D eigenvalue weighted by molar-refractivity contribution is 6.31. The molecule has 1 aromatic rings. The second-order valence-electron chi connectivity index (χ2n) is 4.55. The van der Waals surface area contributed by atoms with E-state index in [1.807, 2.05) is 18.2 Å². The van der Waals surface area contributed by atoms with Gasteiger partial charge in [-0.05, 0) is 45.1 Å². The number of nitrogens with zero attached hydrogens (tertiary/aromatic N) is 1. The summed E-state index contributed by atoms with van der Waals surface area (Å²) in [7, 11) is 2.15. The van der Waals surface area contributed by atoms with E-state index in [9.17, 15) is 0 Å². The molecular formula is C14H23ClN2. The first kappa shape index (κ1) is 14.5. The van der Waals surface area contributed by atoms with Gasteiger partial charge in [-0.25, -0.2) is 0 Å². The Balaban J connectivity index is 2.26. The van der Waals surface area contributed by atoms with Gasteiger partial charge in [-0.2, -0.15) is 0 Å². The number of benzene rings is 1. The van der Waals surface area contributed by atoms with Crippen molar-refractivity contribution in [1.29, 1.82) is 0 Å². The van der Waals surface area contributed by atoms with E-state index in [2.05, 4.69) is 37.2 Å². The van der Waals surface area contributed by atoms with Crippen LogP contribution in [0.15, 0.2) is 24.3 Å². The highest BCUT2D eigenvalue weighted by atomic mass is 35.5. The number of hydrogen-bond acceptors (Lipinski definition) is 2. The summed E-state index contributed by atoms with van der Waals surface area (Å²) in [5, 5.41) is 4.39. The minimum absolute atomic E-state index is 0.516. The van der Waals surface area contributed by atoms with Crippen LogP contribution in [0.4, 0.5) is 0 Å². The summed E-state index contributed by atoms with van der Waals surface area (Å²) in [6.45, 7) is 7.55. The summed E-state index contributed by atoms with van der Waals surface area (Å²) in [5.41, 5.74) is 1.22. The van der Waals surface area contributed by atoms with E-state index < -0.39 is 0 Å². The van der Waals surface area contributed by atoms with Crippen molar-refractivity contribution in [3.05, 3.63) is 34.9 Å². The van der Waals surface area contributed by atoms with Gasteiger partial charge in [0, 0.05) is 17.6 Å². The van der Waals surface area contributed by atoms with Crippen LogP contribution >= 0.6 is 11.6 Å². The quantitative estimate of drug-likeness (QED) is 0.805. The van der Waals surface area contributed by atoms with Crippen molar-refractivity contribution in [2.24, 2.45) is 0 Å². The number of rotatable bonds is 7. The summed E-state index contributed by atoms with van der Waals surface area (Å²) in [4.78, 5) is 2.31. The van der Waals surface area contributed by atoms with Gasteiger partial charge in [-0.3, -0.25) is 0 Å². The Labute approximate surface area is 110 Å². The molecule has 1 unspecified atom stereocenters. The molecule has 0 aliphatic heterocycles. The molecular weight excluding hydrogens is 232 g/mol. The lowest BCUT2D eigenvalue weighted by molar-refractivity contribution is 0.311. The standard InChI is InChI=1S/C14H23ClN2/c1-4-17(3)11-12(2)16-10-9-13-7-5-6-8-14(13)15/h5-8,12,16H,4,9-11H2,1-3H3. The van der Waals surface area contributed by atoms with Gasteiger partial charge >= 0.3 is 0 Å². The fraction of sp³-hybridized carbons (Fsp3) is 0.571. The van der Waals surface area contributed by atoms with Crippen molar-refractivity contribution in [3.63, 3.8) is 0 Å². The summed E-state index contributed by atoms with van der Waals surface area (Å²) < 4.78 is 0. The molecule has 1 N–H and O–H groups in total.